The first-order chi connectivity index (χ1) is 22.4. The Morgan fingerprint density at radius 2 is 1.57 bits per heavy atom. The van der Waals surface area contributed by atoms with Crippen molar-refractivity contribution in [2.75, 3.05) is 5.75 Å². The number of hydrogen-bond acceptors (Lipinski definition) is 3. The third kappa shape index (κ3) is 9.39. The molecule has 5 heteroatoms. The van der Waals surface area contributed by atoms with Crippen LogP contribution >= 0.6 is 11.8 Å². The van der Waals surface area contributed by atoms with Crippen molar-refractivity contribution in [2.24, 2.45) is 23.2 Å². The molecule has 0 aromatic heterocycles. The van der Waals surface area contributed by atoms with E-state index in [0.717, 1.165) is 18.8 Å². The molecule has 0 unspecified atom stereocenters. The predicted octanol–water partition coefficient (Wildman–Crippen LogP) is 13.9. The maximum atomic E-state index is 7.12. The largest absolute Gasteiger partial charge is 0.413 e. The fourth-order valence-electron chi connectivity index (χ4n) is 8.38. The fourth-order valence-corrected chi connectivity index (χ4v) is 12.1. The average molecular weight is 723 g/mol. The Hall–Kier alpha value is -0.856. The van der Waals surface area contributed by atoms with Crippen molar-refractivity contribution < 1.29 is 8.85 Å². The van der Waals surface area contributed by atoms with Gasteiger partial charge in [-0.15, -0.1) is 11.8 Å². The van der Waals surface area contributed by atoms with Gasteiger partial charge in [-0.2, -0.15) is 0 Å². The van der Waals surface area contributed by atoms with E-state index < -0.39 is 16.6 Å². The Bertz CT molecular complexity index is 1380. The lowest BCUT2D eigenvalue weighted by molar-refractivity contribution is 0.0969. The molecule has 0 heterocycles. The van der Waals surface area contributed by atoms with Crippen LogP contribution in [-0.2, 0) is 14.3 Å². The molecule has 2 nitrogen and oxygen atoms in total. The fraction of sp³-hybridized carbons (Fsp3) is 0.727. The molecule has 6 atom stereocenters. The minimum Gasteiger partial charge on any atom is -0.413 e. The molecular formula is C44H74O2SSi2. The average Bonchev–Trinajstić information content (AvgIpc) is 3.32. The summed E-state index contributed by atoms with van der Waals surface area (Å²) in [5.74, 6) is 3.38. The molecule has 3 aliphatic carbocycles. The molecule has 3 fully saturated rings. The van der Waals surface area contributed by atoms with Gasteiger partial charge < -0.3 is 8.85 Å². The first-order valence-corrected chi connectivity index (χ1v) is 26.3. The van der Waals surface area contributed by atoms with Gasteiger partial charge in [-0.25, -0.2) is 0 Å². The summed E-state index contributed by atoms with van der Waals surface area (Å²) in [6, 6.07) is 9.27. The van der Waals surface area contributed by atoms with Crippen molar-refractivity contribution in [2.45, 2.75) is 180 Å². The zero-order chi connectivity index (χ0) is 36.8. The summed E-state index contributed by atoms with van der Waals surface area (Å²) in [6.45, 7) is 40.5. The van der Waals surface area contributed by atoms with E-state index >= 15 is 0 Å². The van der Waals surface area contributed by atoms with Crippen LogP contribution < -0.4 is 0 Å². The smallest absolute Gasteiger partial charge is 0.192 e. The van der Waals surface area contributed by atoms with Crippen LogP contribution in [0.25, 0.3) is 0 Å². The van der Waals surface area contributed by atoms with Gasteiger partial charge in [-0.3, -0.25) is 0 Å². The Balaban J connectivity index is 1.54. The molecule has 4 rings (SSSR count). The number of thioether (sulfide) groups is 1. The lowest BCUT2D eigenvalue weighted by Gasteiger charge is -2.46. The molecule has 3 saturated carbocycles. The first-order valence-electron chi connectivity index (χ1n) is 19.5. The Kier molecular flexibility index (Phi) is 12.4. The van der Waals surface area contributed by atoms with Gasteiger partial charge in [0.05, 0.1) is 12.2 Å². The van der Waals surface area contributed by atoms with E-state index in [0.29, 0.717) is 17.3 Å². The van der Waals surface area contributed by atoms with Gasteiger partial charge >= 0.3 is 0 Å². The molecule has 49 heavy (non-hydrogen) atoms. The van der Waals surface area contributed by atoms with Gasteiger partial charge in [-0.05, 0) is 132 Å². The highest BCUT2D eigenvalue weighted by atomic mass is 32.2. The van der Waals surface area contributed by atoms with Crippen LogP contribution in [0.1, 0.15) is 127 Å². The minimum atomic E-state index is -1.98. The lowest BCUT2D eigenvalue weighted by Crippen LogP contribution is -2.49. The van der Waals surface area contributed by atoms with Crippen LogP contribution in [0.4, 0.5) is 0 Å². The highest BCUT2D eigenvalue weighted by molar-refractivity contribution is 7.99. The summed E-state index contributed by atoms with van der Waals surface area (Å²) < 4.78 is 14.2. The Morgan fingerprint density at radius 3 is 2.18 bits per heavy atom. The SMILES string of the molecule is C=C1/C(=C\C=C2/CCC[C@]3(C)[C@@H]([C@@H](C)CSc4cccc(C(C)(C)C)c4)CC[C@@H]23)C[C@@H](O[Si](C)(C)C(C)(C)C)C[C@@H]1O[Si](C)(C)C(C)(C)C. The number of rotatable bonds is 9. The monoisotopic (exact) mass is 722 g/mol. The minimum absolute atomic E-state index is 0.0315. The molecule has 1 aromatic carbocycles. The summed E-state index contributed by atoms with van der Waals surface area (Å²) in [6.07, 6.45) is 13.7. The molecule has 0 saturated heterocycles. The molecule has 0 spiro atoms. The lowest BCUT2D eigenvalue weighted by atomic mass is 9.61. The predicted molar refractivity (Wildman–Crippen MR) is 222 cm³/mol. The van der Waals surface area contributed by atoms with Crippen molar-refractivity contribution in [1.29, 1.82) is 0 Å². The third-order valence-electron chi connectivity index (χ3n) is 13.7. The van der Waals surface area contributed by atoms with E-state index in [4.69, 9.17) is 15.4 Å². The van der Waals surface area contributed by atoms with Crippen LogP contribution in [-0.4, -0.2) is 34.6 Å². The van der Waals surface area contributed by atoms with Crippen LogP contribution in [0.3, 0.4) is 0 Å². The standard InChI is InChI=1S/C44H74O2SSi2/c1-31(30-47-37-21-17-20-35(28-37)41(3,4)5)38-24-25-39-33(19-18-26-44(38,39)12)22-23-34-27-36(45-48(13,14)42(6,7)8)29-40(32(34)2)46-49(15,16)43(9,10)11/h17,20-23,28,31,36,38-40H,2,18-19,24-27,29-30H2,1,3-16H3/b33-22+,34-23-/t31-,36+,38+,39-,40-,44+/m0/s1. The number of fused-ring (bicyclic) bond motifs is 1. The van der Waals surface area contributed by atoms with E-state index in [2.05, 4.69) is 151 Å². The Morgan fingerprint density at radius 1 is 0.939 bits per heavy atom. The van der Waals surface area contributed by atoms with Crippen molar-refractivity contribution in [3.8, 4) is 0 Å². The topological polar surface area (TPSA) is 18.5 Å². The van der Waals surface area contributed by atoms with Gasteiger partial charge in [0.15, 0.2) is 16.6 Å². The third-order valence-corrected chi connectivity index (χ3v) is 24.0. The van der Waals surface area contributed by atoms with Crippen LogP contribution in [0.15, 0.2) is 64.6 Å². The zero-order valence-electron chi connectivity index (χ0n) is 34.4. The van der Waals surface area contributed by atoms with E-state index in [9.17, 15) is 0 Å². The maximum Gasteiger partial charge on any atom is 0.192 e. The summed E-state index contributed by atoms with van der Waals surface area (Å²) >= 11 is 2.07. The molecule has 0 aliphatic heterocycles. The number of hydrogen-bond donors (Lipinski definition) is 0. The number of allylic oxidation sites excluding steroid dienone is 3. The molecular weight excluding hydrogens is 649 g/mol. The Labute approximate surface area is 310 Å². The number of benzene rings is 1. The van der Waals surface area contributed by atoms with Crippen molar-refractivity contribution in [3.05, 3.63) is 65.3 Å². The van der Waals surface area contributed by atoms with E-state index in [-0.39, 0.29) is 27.7 Å². The molecule has 276 valence electrons. The van der Waals surface area contributed by atoms with Gasteiger partial charge in [0.1, 0.15) is 0 Å². The highest BCUT2D eigenvalue weighted by Crippen LogP contribution is 2.60. The molecule has 3 aliphatic rings. The maximum absolute atomic E-state index is 7.12. The van der Waals surface area contributed by atoms with Gasteiger partial charge in [0.25, 0.3) is 0 Å². The highest BCUT2D eigenvalue weighted by Gasteiger charge is 2.51. The molecule has 0 bridgehead atoms. The van der Waals surface area contributed by atoms with Crippen LogP contribution in [0.5, 0.6) is 0 Å². The zero-order valence-corrected chi connectivity index (χ0v) is 37.3. The summed E-state index contributed by atoms with van der Waals surface area (Å²) in [7, 11) is -3.91. The normalized spacial score (nSPS) is 29.8. The molecule has 1 aromatic rings. The summed E-state index contributed by atoms with van der Waals surface area (Å²) in [5.41, 5.74) is 6.25. The van der Waals surface area contributed by atoms with Crippen molar-refractivity contribution >= 4 is 28.4 Å². The quantitative estimate of drug-likeness (QED) is 0.187. The first kappa shape index (κ1) is 40.9. The second-order valence-corrected chi connectivity index (χ2v) is 31.0. The van der Waals surface area contributed by atoms with E-state index in [1.807, 2.05) is 0 Å². The second kappa shape index (κ2) is 14.9. The van der Waals surface area contributed by atoms with Crippen LogP contribution in [0, 0.1) is 23.2 Å². The summed E-state index contributed by atoms with van der Waals surface area (Å²) in [4.78, 5) is 1.43. The molecule has 0 N–H and O–H groups in total. The van der Waals surface area contributed by atoms with Gasteiger partial charge in [-0.1, -0.05) is 113 Å². The van der Waals surface area contributed by atoms with Crippen molar-refractivity contribution in [3.63, 3.8) is 0 Å². The second-order valence-electron chi connectivity index (χ2n) is 20.4. The summed E-state index contributed by atoms with van der Waals surface area (Å²) in [5, 5.41) is 0.338. The van der Waals surface area contributed by atoms with Gasteiger partial charge in [0.2, 0.25) is 0 Å². The van der Waals surface area contributed by atoms with E-state index in [1.54, 1.807) is 5.57 Å². The van der Waals surface area contributed by atoms with Crippen LogP contribution in [0.2, 0.25) is 36.3 Å². The molecule has 0 amide bonds. The van der Waals surface area contributed by atoms with Crippen molar-refractivity contribution in [1.82, 2.24) is 0 Å². The van der Waals surface area contributed by atoms with Gasteiger partial charge in [0, 0.05) is 17.1 Å². The van der Waals surface area contributed by atoms with E-state index in [1.165, 1.54) is 59.5 Å². The molecule has 0 radical (unpaired) electrons.